The molecule has 2 aromatic carbocycles. The Bertz CT molecular complexity index is 1210. The molecule has 2 heterocycles. The van der Waals surface area contributed by atoms with Crippen molar-refractivity contribution in [3.63, 3.8) is 0 Å². The Morgan fingerprint density at radius 2 is 1.65 bits per heavy atom. The minimum absolute atomic E-state index is 0.00607. The number of nitro groups is 1. The maximum absolute atomic E-state index is 14.1. The van der Waals surface area contributed by atoms with Crippen LogP contribution in [0.5, 0.6) is 0 Å². The van der Waals surface area contributed by atoms with Crippen LogP contribution in [0.2, 0.25) is 0 Å². The van der Waals surface area contributed by atoms with E-state index in [1.165, 1.54) is 23.1 Å². The molecule has 0 N–H and O–H groups in total. The third-order valence-electron chi connectivity index (χ3n) is 5.81. The lowest BCUT2D eigenvalue weighted by Gasteiger charge is -2.35. The molecule has 13 heteroatoms. The van der Waals surface area contributed by atoms with E-state index in [2.05, 4.69) is 0 Å². The maximum atomic E-state index is 14.1. The predicted octanol–water partition coefficient (Wildman–Crippen LogP) is 1.86. The number of sulfonamides is 1. The van der Waals surface area contributed by atoms with Gasteiger partial charge in [0.15, 0.2) is 0 Å². The zero-order chi connectivity index (χ0) is 24.5. The fourth-order valence-corrected chi connectivity index (χ4v) is 5.48. The van der Waals surface area contributed by atoms with Gasteiger partial charge in [0.05, 0.1) is 29.4 Å². The molecule has 0 atom stereocenters. The number of non-ortho nitro benzene ring substituents is 1. The first-order valence-corrected chi connectivity index (χ1v) is 12.0. The first kappa shape index (κ1) is 24.0. The molecule has 0 radical (unpaired) electrons. The van der Waals surface area contributed by atoms with Gasteiger partial charge in [0, 0.05) is 57.5 Å². The molecule has 0 aliphatic carbocycles. The molecule has 0 aromatic heterocycles. The number of hydrogen-bond donors (Lipinski definition) is 0. The Morgan fingerprint density at radius 1 is 0.971 bits per heavy atom. The van der Waals surface area contributed by atoms with E-state index in [0.29, 0.717) is 38.1 Å². The smallest absolute Gasteiger partial charge is 0.270 e. The molecule has 1 amide bonds. The summed E-state index contributed by atoms with van der Waals surface area (Å²) in [6.07, 6.45) is 0. The summed E-state index contributed by atoms with van der Waals surface area (Å²) < 4.78 is 59.2. The number of morpholine rings is 1. The van der Waals surface area contributed by atoms with Crippen molar-refractivity contribution in [3.8, 4) is 0 Å². The number of hydrogen-bond acceptors (Lipinski definition) is 7. The highest BCUT2D eigenvalue weighted by molar-refractivity contribution is 7.89. The minimum Gasteiger partial charge on any atom is -0.378 e. The molecule has 0 spiro atoms. The Hall–Kier alpha value is -3.16. The van der Waals surface area contributed by atoms with Gasteiger partial charge in [0.1, 0.15) is 16.5 Å². The van der Waals surface area contributed by atoms with E-state index < -0.39 is 37.4 Å². The van der Waals surface area contributed by atoms with Crippen molar-refractivity contribution in [2.75, 3.05) is 57.4 Å². The average Bonchev–Trinajstić information content (AvgIpc) is 2.83. The number of nitrogens with zero attached hydrogens (tertiary/aromatic N) is 4. The van der Waals surface area contributed by atoms with Crippen molar-refractivity contribution in [1.29, 1.82) is 0 Å². The van der Waals surface area contributed by atoms with Gasteiger partial charge in [-0.05, 0) is 18.2 Å². The Morgan fingerprint density at radius 3 is 2.26 bits per heavy atom. The highest BCUT2D eigenvalue weighted by Gasteiger charge is 2.33. The van der Waals surface area contributed by atoms with E-state index in [0.717, 1.165) is 16.4 Å². The molecule has 2 fully saturated rings. The van der Waals surface area contributed by atoms with E-state index in [9.17, 15) is 32.1 Å². The molecule has 182 valence electrons. The van der Waals surface area contributed by atoms with Crippen molar-refractivity contribution in [2.24, 2.45) is 0 Å². The van der Waals surface area contributed by atoms with E-state index in [4.69, 9.17) is 4.74 Å². The highest BCUT2D eigenvalue weighted by Crippen LogP contribution is 2.29. The summed E-state index contributed by atoms with van der Waals surface area (Å²) in [5, 5.41) is 11.3. The molecule has 4 rings (SSSR count). The maximum Gasteiger partial charge on any atom is 0.270 e. The standard InChI is InChI=1S/C21H22F2N4O6S/c22-15-1-4-20(18(23)13-15)34(31,32)26-7-5-25(6-8-26)21(28)17-14-16(27(29)30)2-3-19(17)24-9-11-33-12-10-24/h1-4,13-14H,5-12H2. The number of nitro benzene ring substituents is 1. The SMILES string of the molecule is O=C(c1cc([N+](=O)[O-])ccc1N1CCOCC1)N1CCN(S(=O)(=O)c2ccc(F)cc2F)CC1. The number of ether oxygens (including phenoxy) is 1. The van der Waals surface area contributed by atoms with Crippen LogP contribution < -0.4 is 4.90 Å². The molecule has 2 saturated heterocycles. The van der Waals surface area contributed by atoms with Gasteiger partial charge < -0.3 is 14.5 Å². The Labute approximate surface area is 194 Å². The average molecular weight is 496 g/mol. The molecule has 2 aliphatic rings. The van der Waals surface area contributed by atoms with Crippen LogP contribution in [0, 0.1) is 21.7 Å². The fourth-order valence-electron chi connectivity index (χ4n) is 4.01. The summed E-state index contributed by atoms with van der Waals surface area (Å²) in [5.74, 6) is -2.54. The normalized spacial score (nSPS) is 17.6. The Balaban J connectivity index is 1.54. The molecular formula is C21H22F2N4O6S. The second-order valence-corrected chi connectivity index (χ2v) is 9.74. The molecular weight excluding hydrogens is 474 g/mol. The molecule has 34 heavy (non-hydrogen) atoms. The Kier molecular flexibility index (Phi) is 6.77. The van der Waals surface area contributed by atoms with Gasteiger partial charge in [0.25, 0.3) is 11.6 Å². The van der Waals surface area contributed by atoms with E-state index >= 15 is 0 Å². The van der Waals surface area contributed by atoms with Gasteiger partial charge in [-0.25, -0.2) is 17.2 Å². The van der Waals surface area contributed by atoms with Crippen LogP contribution in [-0.2, 0) is 14.8 Å². The third kappa shape index (κ3) is 4.72. The van der Waals surface area contributed by atoms with Gasteiger partial charge >= 0.3 is 0 Å². The van der Waals surface area contributed by atoms with E-state index in [1.54, 1.807) is 0 Å². The number of benzene rings is 2. The van der Waals surface area contributed by atoms with Crippen molar-refractivity contribution in [3.05, 3.63) is 63.7 Å². The first-order valence-electron chi connectivity index (χ1n) is 10.5. The van der Waals surface area contributed by atoms with Crippen LogP contribution in [-0.4, -0.2) is 80.9 Å². The zero-order valence-electron chi connectivity index (χ0n) is 18.0. The molecule has 2 aromatic rings. The topological polar surface area (TPSA) is 113 Å². The summed E-state index contributed by atoms with van der Waals surface area (Å²) in [6, 6.07) is 6.34. The number of piperazine rings is 1. The predicted molar refractivity (Wildman–Crippen MR) is 117 cm³/mol. The number of rotatable bonds is 5. The lowest BCUT2D eigenvalue weighted by molar-refractivity contribution is -0.384. The first-order chi connectivity index (χ1) is 16.2. The van der Waals surface area contributed by atoms with Crippen LogP contribution in [0.3, 0.4) is 0 Å². The molecule has 0 unspecified atom stereocenters. The van der Waals surface area contributed by atoms with Crippen molar-refractivity contribution < 1.29 is 31.7 Å². The van der Waals surface area contributed by atoms with Gasteiger partial charge in [-0.2, -0.15) is 4.31 Å². The van der Waals surface area contributed by atoms with Gasteiger partial charge in [-0.3, -0.25) is 14.9 Å². The van der Waals surface area contributed by atoms with E-state index in [-0.39, 0.29) is 37.4 Å². The molecule has 10 nitrogen and oxygen atoms in total. The second-order valence-electron chi connectivity index (χ2n) is 7.83. The minimum atomic E-state index is -4.22. The summed E-state index contributed by atoms with van der Waals surface area (Å²) in [4.78, 5) is 26.7. The summed E-state index contributed by atoms with van der Waals surface area (Å²) in [6.45, 7) is 1.76. The van der Waals surface area contributed by atoms with Crippen LogP contribution in [0.4, 0.5) is 20.2 Å². The number of carbonyl (C=O) groups is 1. The summed E-state index contributed by atoms with van der Waals surface area (Å²) >= 11 is 0. The zero-order valence-corrected chi connectivity index (χ0v) is 18.8. The van der Waals surface area contributed by atoms with Crippen LogP contribution in [0.15, 0.2) is 41.3 Å². The van der Waals surface area contributed by atoms with Crippen molar-refractivity contribution >= 4 is 27.3 Å². The fraction of sp³-hybridized carbons (Fsp3) is 0.381. The molecule has 0 saturated carbocycles. The van der Waals surface area contributed by atoms with Gasteiger partial charge in [-0.15, -0.1) is 0 Å². The molecule has 2 aliphatic heterocycles. The van der Waals surface area contributed by atoms with Gasteiger partial charge in [0.2, 0.25) is 10.0 Å². The lowest BCUT2D eigenvalue weighted by atomic mass is 10.1. The van der Waals surface area contributed by atoms with E-state index in [1.807, 2.05) is 4.90 Å². The number of amides is 1. The summed E-state index contributed by atoms with van der Waals surface area (Å²) in [5.41, 5.74) is 0.465. The third-order valence-corrected chi connectivity index (χ3v) is 7.74. The second kappa shape index (κ2) is 9.60. The quantitative estimate of drug-likeness (QED) is 0.459. The number of carbonyl (C=O) groups excluding carboxylic acids is 1. The lowest BCUT2D eigenvalue weighted by Crippen LogP contribution is -2.51. The van der Waals surface area contributed by atoms with Crippen LogP contribution >= 0.6 is 0 Å². The summed E-state index contributed by atoms with van der Waals surface area (Å²) in [7, 11) is -4.22. The van der Waals surface area contributed by atoms with Crippen molar-refractivity contribution in [2.45, 2.75) is 4.90 Å². The number of anilines is 1. The highest BCUT2D eigenvalue weighted by atomic mass is 32.2. The molecule has 0 bridgehead atoms. The van der Waals surface area contributed by atoms with Crippen molar-refractivity contribution in [1.82, 2.24) is 9.21 Å². The largest absolute Gasteiger partial charge is 0.378 e. The number of halogens is 2. The van der Waals surface area contributed by atoms with Crippen LogP contribution in [0.1, 0.15) is 10.4 Å². The monoisotopic (exact) mass is 496 g/mol. The van der Waals surface area contributed by atoms with Crippen LogP contribution in [0.25, 0.3) is 0 Å². The van der Waals surface area contributed by atoms with Gasteiger partial charge in [-0.1, -0.05) is 0 Å².